The van der Waals surface area contributed by atoms with E-state index in [4.69, 9.17) is 16.8 Å². The van der Waals surface area contributed by atoms with E-state index in [0.717, 1.165) is 6.07 Å². The van der Waals surface area contributed by atoms with Gasteiger partial charge in [-0.1, -0.05) is 18.2 Å². The quantitative estimate of drug-likeness (QED) is 0.513. The fourth-order valence-corrected chi connectivity index (χ4v) is 1.48. The molecule has 6 nitrogen and oxygen atoms in total. The zero-order chi connectivity index (χ0) is 13.8. The largest absolute Gasteiger partial charge is 0.290 e. The van der Waals surface area contributed by atoms with E-state index in [9.17, 15) is 4.39 Å². The predicted octanol–water partition coefficient (Wildman–Crippen LogP) is 2.56. The van der Waals surface area contributed by atoms with Gasteiger partial charge in [-0.05, 0) is 34.6 Å². The molecule has 2 N–H and O–H groups in total. The number of aromatic nitrogens is 2. The first-order valence-corrected chi connectivity index (χ1v) is 5.42. The van der Waals surface area contributed by atoms with Crippen molar-refractivity contribution in [3.63, 3.8) is 0 Å². The van der Waals surface area contributed by atoms with E-state index in [1.807, 2.05) is 5.48 Å². The van der Waals surface area contributed by atoms with Crippen LogP contribution in [0.25, 0.3) is 6.08 Å². The molecule has 0 saturated heterocycles. The molecule has 98 valence electrons. The Hall–Kier alpha value is -2.25. The summed E-state index contributed by atoms with van der Waals surface area (Å²) >= 11 is 5.63. The predicted molar refractivity (Wildman–Crippen MR) is 66.9 cm³/mol. The summed E-state index contributed by atoms with van der Waals surface area (Å²) in [6, 6.07) is 3.85. The van der Waals surface area contributed by atoms with Gasteiger partial charge in [-0.3, -0.25) is 10.7 Å². The molecule has 1 aromatic heterocycles. The maximum Gasteiger partial charge on any atom is 0.182 e. The van der Waals surface area contributed by atoms with Crippen molar-refractivity contribution in [1.82, 2.24) is 15.8 Å². The number of nitrogens with zero attached hydrogens (tertiary/aromatic N) is 3. The molecule has 0 spiro atoms. The van der Waals surface area contributed by atoms with E-state index in [1.54, 1.807) is 0 Å². The topological polar surface area (TPSA) is 83.5 Å². The van der Waals surface area contributed by atoms with E-state index in [-0.39, 0.29) is 16.6 Å². The van der Waals surface area contributed by atoms with Crippen molar-refractivity contribution in [2.45, 2.75) is 0 Å². The van der Waals surface area contributed by atoms with E-state index in [0.29, 0.717) is 11.4 Å². The van der Waals surface area contributed by atoms with E-state index in [1.165, 1.54) is 18.2 Å². The molecule has 2 aromatic rings. The standard InChI is InChI=1S/C11H8ClFN4O2/c1-2-9-10(17-19-16-9)11(15-18)14-6-3-4-8(13)7(12)5-6/h2-5,18H,1H2,(H,14,15). The van der Waals surface area contributed by atoms with Crippen LogP contribution in [0.2, 0.25) is 5.02 Å². The Balaban J connectivity index is 2.43. The second-order valence-electron chi connectivity index (χ2n) is 3.37. The van der Waals surface area contributed by atoms with Crippen molar-refractivity contribution >= 4 is 29.2 Å². The van der Waals surface area contributed by atoms with Crippen molar-refractivity contribution in [3.8, 4) is 0 Å². The molecule has 0 amide bonds. The van der Waals surface area contributed by atoms with Crippen molar-refractivity contribution in [1.29, 1.82) is 0 Å². The van der Waals surface area contributed by atoms with Crippen LogP contribution >= 0.6 is 11.6 Å². The molecule has 19 heavy (non-hydrogen) atoms. The summed E-state index contributed by atoms with van der Waals surface area (Å²) < 4.78 is 17.5. The van der Waals surface area contributed by atoms with Crippen molar-refractivity contribution < 1.29 is 14.2 Å². The molecule has 0 bridgehead atoms. The lowest BCUT2D eigenvalue weighted by Crippen LogP contribution is -2.21. The lowest BCUT2D eigenvalue weighted by Gasteiger charge is -2.02. The van der Waals surface area contributed by atoms with Crippen LogP contribution in [0.4, 0.5) is 10.1 Å². The maximum atomic E-state index is 13.0. The molecule has 0 aliphatic heterocycles. The first-order valence-electron chi connectivity index (χ1n) is 5.05. The van der Waals surface area contributed by atoms with Crippen LogP contribution in [-0.2, 0) is 0 Å². The van der Waals surface area contributed by atoms with Crippen LogP contribution in [0, 0.1) is 5.82 Å². The van der Waals surface area contributed by atoms with Gasteiger partial charge in [0.15, 0.2) is 11.5 Å². The van der Waals surface area contributed by atoms with Crippen LogP contribution in [-0.4, -0.2) is 21.4 Å². The Morgan fingerprint density at radius 3 is 2.95 bits per heavy atom. The Bertz CT molecular complexity index is 641. The average molecular weight is 283 g/mol. The molecule has 1 heterocycles. The molecule has 0 unspecified atom stereocenters. The fraction of sp³-hybridized carbons (Fsp3) is 0. The summed E-state index contributed by atoms with van der Waals surface area (Å²) in [4.78, 5) is 4.02. The molecule has 0 aliphatic rings. The third kappa shape index (κ3) is 2.78. The third-order valence-electron chi connectivity index (χ3n) is 2.18. The molecular weight excluding hydrogens is 275 g/mol. The Morgan fingerprint density at radius 1 is 1.53 bits per heavy atom. The van der Waals surface area contributed by atoms with Gasteiger partial charge in [0.25, 0.3) is 0 Å². The molecule has 8 heteroatoms. The van der Waals surface area contributed by atoms with Gasteiger partial charge in [0, 0.05) is 0 Å². The Labute approximate surface area is 112 Å². The van der Waals surface area contributed by atoms with Crippen LogP contribution in [0.15, 0.2) is 34.4 Å². The second kappa shape index (κ2) is 5.59. The summed E-state index contributed by atoms with van der Waals surface area (Å²) in [5.74, 6) is -0.590. The number of hydroxylamine groups is 1. The van der Waals surface area contributed by atoms with Gasteiger partial charge in [-0.2, -0.15) is 0 Å². The molecule has 0 fully saturated rings. The molecule has 0 atom stereocenters. The summed E-state index contributed by atoms with van der Waals surface area (Å²) in [7, 11) is 0. The van der Waals surface area contributed by atoms with Crippen LogP contribution < -0.4 is 5.48 Å². The molecule has 0 saturated carbocycles. The van der Waals surface area contributed by atoms with Crippen LogP contribution in [0.3, 0.4) is 0 Å². The van der Waals surface area contributed by atoms with Gasteiger partial charge in [0.2, 0.25) is 0 Å². The minimum absolute atomic E-state index is 0.0289. The van der Waals surface area contributed by atoms with Crippen molar-refractivity contribution in [2.75, 3.05) is 0 Å². The highest BCUT2D eigenvalue weighted by molar-refractivity contribution is 6.31. The highest BCUT2D eigenvalue weighted by Gasteiger charge is 2.14. The number of hydrogen-bond acceptors (Lipinski definition) is 5. The van der Waals surface area contributed by atoms with E-state index < -0.39 is 5.82 Å². The number of nitrogens with one attached hydrogen (secondary N) is 1. The molecule has 2 rings (SSSR count). The SMILES string of the molecule is C=Cc1nonc1C(=Nc1ccc(F)c(Cl)c1)NO. The summed E-state index contributed by atoms with van der Waals surface area (Å²) in [6.45, 7) is 3.52. The maximum absolute atomic E-state index is 13.0. The number of halogens is 2. The van der Waals surface area contributed by atoms with Crippen LogP contribution in [0.1, 0.15) is 11.4 Å². The number of amidine groups is 1. The Kier molecular flexibility index (Phi) is 3.88. The highest BCUT2D eigenvalue weighted by atomic mass is 35.5. The number of benzene rings is 1. The number of rotatable bonds is 3. The van der Waals surface area contributed by atoms with Gasteiger partial charge < -0.3 is 0 Å². The molecule has 0 radical (unpaired) electrons. The highest BCUT2D eigenvalue weighted by Crippen LogP contribution is 2.22. The minimum Gasteiger partial charge on any atom is -0.290 e. The van der Waals surface area contributed by atoms with Crippen molar-refractivity contribution in [3.05, 3.63) is 47.0 Å². The fourth-order valence-electron chi connectivity index (χ4n) is 1.31. The lowest BCUT2D eigenvalue weighted by molar-refractivity contribution is 0.234. The Morgan fingerprint density at radius 2 is 2.32 bits per heavy atom. The van der Waals surface area contributed by atoms with Gasteiger partial charge >= 0.3 is 0 Å². The number of hydrogen-bond donors (Lipinski definition) is 2. The monoisotopic (exact) mass is 282 g/mol. The minimum atomic E-state index is -0.561. The summed E-state index contributed by atoms with van der Waals surface area (Å²) in [5.41, 5.74) is 2.65. The zero-order valence-corrected chi connectivity index (χ0v) is 10.2. The summed E-state index contributed by atoms with van der Waals surface area (Å²) in [6.07, 6.45) is 1.39. The van der Waals surface area contributed by atoms with Crippen molar-refractivity contribution in [2.24, 2.45) is 4.99 Å². The van der Waals surface area contributed by atoms with Gasteiger partial charge in [-0.15, -0.1) is 0 Å². The molecule has 1 aromatic carbocycles. The second-order valence-corrected chi connectivity index (χ2v) is 3.78. The number of aliphatic imine (C=N–C) groups is 1. The first-order chi connectivity index (χ1) is 9.15. The smallest absolute Gasteiger partial charge is 0.182 e. The van der Waals surface area contributed by atoms with Gasteiger partial charge in [0.1, 0.15) is 11.5 Å². The van der Waals surface area contributed by atoms with E-state index >= 15 is 0 Å². The third-order valence-corrected chi connectivity index (χ3v) is 2.47. The first kappa shape index (κ1) is 13.2. The average Bonchev–Trinajstić information content (AvgIpc) is 2.88. The normalized spacial score (nSPS) is 11.4. The van der Waals surface area contributed by atoms with E-state index in [2.05, 4.69) is 26.5 Å². The zero-order valence-electron chi connectivity index (χ0n) is 9.47. The van der Waals surface area contributed by atoms with Gasteiger partial charge in [0.05, 0.1) is 10.7 Å². The van der Waals surface area contributed by atoms with Gasteiger partial charge in [-0.25, -0.2) is 14.0 Å². The van der Waals surface area contributed by atoms with Crippen LogP contribution in [0.5, 0.6) is 0 Å². The summed E-state index contributed by atoms with van der Waals surface area (Å²) in [5, 5.41) is 16.1. The molecular formula is C11H8ClFN4O2. The molecule has 0 aliphatic carbocycles. The lowest BCUT2D eigenvalue weighted by atomic mass is 10.3.